The van der Waals surface area contributed by atoms with Gasteiger partial charge in [0.25, 0.3) is 5.82 Å². The molecule has 2 aromatic rings. The van der Waals surface area contributed by atoms with Gasteiger partial charge in [0.2, 0.25) is 0 Å². The van der Waals surface area contributed by atoms with Gasteiger partial charge in [-0.25, -0.2) is 9.13 Å². The first-order chi connectivity index (χ1) is 15.3. The molecule has 31 heavy (non-hydrogen) atoms. The van der Waals surface area contributed by atoms with E-state index in [1.807, 2.05) is 0 Å². The molecule has 2 rings (SSSR count). The van der Waals surface area contributed by atoms with E-state index in [2.05, 4.69) is 65.7 Å². The molecular formula is C29H49N2+. The van der Waals surface area contributed by atoms with Crippen molar-refractivity contribution in [1.82, 2.24) is 4.57 Å². The summed E-state index contributed by atoms with van der Waals surface area (Å²) in [5.74, 6) is 1.48. The van der Waals surface area contributed by atoms with Gasteiger partial charge in [-0.3, -0.25) is 0 Å². The van der Waals surface area contributed by atoms with Gasteiger partial charge in [0.15, 0.2) is 0 Å². The Morgan fingerprint density at radius 2 is 1.19 bits per heavy atom. The van der Waals surface area contributed by atoms with Crippen LogP contribution in [0.1, 0.15) is 122 Å². The van der Waals surface area contributed by atoms with E-state index in [9.17, 15) is 0 Å². The summed E-state index contributed by atoms with van der Waals surface area (Å²) in [4.78, 5) is 0. The van der Waals surface area contributed by atoms with E-state index in [4.69, 9.17) is 0 Å². The Bertz CT molecular complexity index is 659. The molecule has 0 amide bonds. The Labute approximate surface area is 193 Å². The standard InChI is InChI=1S/C29H49N2/c1-3-5-7-9-10-11-12-13-14-15-20-24-31-26-25-30(23-19-8-6-4-2)29(31)27-28-21-17-16-18-22-28/h16-18,21-22,25-26H,3-15,19-20,23-24,27H2,1-2H3/q+1. The highest BCUT2D eigenvalue weighted by atomic mass is 15.1. The highest BCUT2D eigenvalue weighted by molar-refractivity contribution is 5.18. The number of hydrogen-bond donors (Lipinski definition) is 0. The third-order valence-corrected chi connectivity index (χ3v) is 6.55. The maximum Gasteiger partial charge on any atom is 0.260 e. The molecule has 2 nitrogen and oxygen atoms in total. The Hall–Kier alpha value is -1.57. The quantitative estimate of drug-likeness (QED) is 0.158. The van der Waals surface area contributed by atoms with Crippen molar-refractivity contribution in [2.24, 2.45) is 0 Å². The third-order valence-electron chi connectivity index (χ3n) is 6.55. The van der Waals surface area contributed by atoms with Crippen LogP contribution in [0.25, 0.3) is 0 Å². The van der Waals surface area contributed by atoms with Crippen LogP contribution in [-0.2, 0) is 19.5 Å². The number of benzene rings is 1. The fourth-order valence-corrected chi connectivity index (χ4v) is 4.54. The molecule has 1 aromatic heterocycles. The SMILES string of the molecule is CCCCCCCCCCCCC[n+]1ccn(CCCCCC)c1Cc1ccccc1. The fraction of sp³-hybridized carbons (Fsp3) is 0.690. The summed E-state index contributed by atoms with van der Waals surface area (Å²) in [6.07, 6.45) is 26.5. The van der Waals surface area contributed by atoms with Gasteiger partial charge in [-0.05, 0) is 31.2 Å². The summed E-state index contributed by atoms with van der Waals surface area (Å²) in [5, 5.41) is 0. The zero-order valence-electron chi connectivity index (χ0n) is 20.7. The predicted octanol–water partition coefficient (Wildman–Crippen LogP) is 8.26. The Morgan fingerprint density at radius 3 is 1.81 bits per heavy atom. The van der Waals surface area contributed by atoms with Crippen LogP contribution in [0.2, 0.25) is 0 Å². The summed E-state index contributed by atoms with van der Waals surface area (Å²) < 4.78 is 5.04. The second-order valence-electron chi connectivity index (χ2n) is 9.36. The number of unbranched alkanes of at least 4 members (excludes halogenated alkanes) is 13. The minimum absolute atomic E-state index is 1.04. The van der Waals surface area contributed by atoms with Crippen molar-refractivity contribution in [3.63, 3.8) is 0 Å². The van der Waals surface area contributed by atoms with Crippen LogP contribution in [0.4, 0.5) is 0 Å². The van der Waals surface area contributed by atoms with Crippen LogP contribution in [0.3, 0.4) is 0 Å². The van der Waals surface area contributed by atoms with E-state index in [0.29, 0.717) is 0 Å². The lowest BCUT2D eigenvalue weighted by Gasteiger charge is -2.07. The van der Waals surface area contributed by atoms with Gasteiger partial charge < -0.3 is 0 Å². The van der Waals surface area contributed by atoms with E-state index >= 15 is 0 Å². The normalized spacial score (nSPS) is 11.3. The third kappa shape index (κ3) is 11.0. The second kappa shape index (κ2) is 17.0. The minimum atomic E-state index is 1.04. The second-order valence-corrected chi connectivity index (χ2v) is 9.36. The van der Waals surface area contributed by atoms with Crippen LogP contribution >= 0.6 is 0 Å². The van der Waals surface area contributed by atoms with Gasteiger partial charge in [-0.2, -0.15) is 0 Å². The summed E-state index contributed by atoms with van der Waals surface area (Å²) in [6.45, 7) is 6.91. The summed E-state index contributed by atoms with van der Waals surface area (Å²) in [6, 6.07) is 11.0. The van der Waals surface area contributed by atoms with Gasteiger partial charge >= 0.3 is 0 Å². The summed E-state index contributed by atoms with van der Waals surface area (Å²) in [5.41, 5.74) is 1.42. The molecule has 0 aliphatic carbocycles. The summed E-state index contributed by atoms with van der Waals surface area (Å²) >= 11 is 0. The molecule has 0 spiro atoms. The fourth-order valence-electron chi connectivity index (χ4n) is 4.54. The van der Waals surface area contributed by atoms with Gasteiger partial charge in [0.05, 0.1) is 19.5 Å². The molecule has 0 bridgehead atoms. The molecule has 0 aliphatic heterocycles. The van der Waals surface area contributed by atoms with Crippen molar-refractivity contribution in [2.45, 2.75) is 130 Å². The van der Waals surface area contributed by atoms with Gasteiger partial charge in [-0.1, -0.05) is 115 Å². The van der Waals surface area contributed by atoms with E-state index < -0.39 is 0 Å². The zero-order valence-corrected chi connectivity index (χ0v) is 20.7. The van der Waals surface area contributed by atoms with Gasteiger partial charge in [0, 0.05) is 0 Å². The highest BCUT2D eigenvalue weighted by Crippen LogP contribution is 2.13. The van der Waals surface area contributed by atoms with E-state index in [1.165, 1.54) is 114 Å². The molecule has 0 saturated carbocycles. The lowest BCUT2D eigenvalue weighted by Crippen LogP contribution is -2.37. The number of aromatic nitrogens is 2. The zero-order chi connectivity index (χ0) is 22.0. The first kappa shape index (κ1) is 25.7. The lowest BCUT2D eigenvalue weighted by atomic mass is 10.1. The first-order valence-corrected chi connectivity index (χ1v) is 13.5. The average Bonchev–Trinajstić information content (AvgIpc) is 3.17. The highest BCUT2D eigenvalue weighted by Gasteiger charge is 2.17. The van der Waals surface area contributed by atoms with Crippen LogP contribution in [-0.4, -0.2) is 4.57 Å². The van der Waals surface area contributed by atoms with Crippen molar-refractivity contribution in [1.29, 1.82) is 0 Å². The van der Waals surface area contributed by atoms with Gasteiger partial charge in [-0.15, -0.1) is 0 Å². The van der Waals surface area contributed by atoms with Crippen LogP contribution in [0.5, 0.6) is 0 Å². The molecule has 0 fully saturated rings. The number of nitrogens with zero attached hydrogens (tertiary/aromatic N) is 2. The number of aryl methyl sites for hydroxylation is 2. The van der Waals surface area contributed by atoms with Crippen LogP contribution in [0.15, 0.2) is 42.7 Å². The predicted molar refractivity (Wildman–Crippen MR) is 134 cm³/mol. The molecule has 0 radical (unpaired) electrons. The maximum absolute atomic E-state index is 2.53. The minimum Gasteiger partial charge on any atom is -0.234 e. The van der Waals surface area contributed by atoms with Crippen molar-refractivity contribution in [3.05, 3.63) is 54.1 Å². The van der Waals surface area contributed by atoms with Crippen molar-refractivity contribution >= 4 is 0 Å². The molecule has 0 saturated heterocycles. The molecule has 2 heteroatoms. The monoisotopic (exact) mass is 425 g/mol. The molecule has 0 unspecified atom stereocenters. The largest absolute Gasteiger partial charge is 0.260 e. The van der Waals surface area contributed by atoms with Gasteiger partial charge in [0.1, 0.15) is 12.4 Å². The molecule has 0 atom stereocenters. The van der Waals surface area contributed by atoms with Crippen molar-refractivity contribution in [3.8, 4) is 0 Å². The molecule has 1 aromatic carbocycles. The Morgan fingerprint density at radius 1 is 0.645 bits per heavy atom. The van der Waals surface area contributed by atoms with Crippen molar-refractivity contribution in [2.75, 3.05) is 0 Å². The number of hydrogen-bond acceptors (Lipinski definition) is 0. The molecule has 1 heterocycles. The molecule has 174 valence electrons. The van der Waals surface area contributed by atoms with Crippen LogP contribution < -0.4 is 4.57 Å². The number of rotatable bonds is 19. The first-order valence-electron chi connectivity index (χ1n) is 13.5. The van der Waals surface area contributed by atoms with E-state index in [1.54, 1.807) is 0 Å². The topological polar surface area (TPSA) is 8.81 Å². The average molecular weight is 426 g/mol. The maximum atomic E-state index is 2.53. The molecule has 0 N–H and O–H groups in total. The molecular weight excluding hydrogens is 376 g/mol. The Balaban J connectivity index is 1.73. The number of imidazole rings is 1. The van der Waals surface area contributed by atoms with Crippen LogP contribution in [0, 0.1) is 0 Å². The van der Waals surface area contributed by atoms with E-state index in [0.717, 1.165) is 13.0 Å². The lowest BCUT2D eigenvalue weighted by molar-refractivity contribution is -0.703. The van der Waals surface area contributed by atoms with Crippen molar-refractivity contribution < 1.29 is 4.57 Å². The van der Waals surface area contributed by atoms with E-state index in [-0.39, 0.29) is 0 Å². The molecule has 0 aliphatic rings. The Kier molecular flexibility index (Phi) is 14.1. The summed E-state index contributed by atoms with van der Waals surface area (Å²) in [7, 11) is 0. The smallest absolute Gasteiger partial charge is 0.234 e.